The third-order valence-electron chi connectivity index (χ3n) is 2.54. The zero-order chi connectivity index (χ0) is 13.7. The van der Waals surface area contributed by atoms with Gasteiger partial charge in [0.05, 0.1) is 5.54 Å². The first-order valence-electron chi connectivity index (χ1n) is 6.12. The molecule has 0 N–H and O–H groups in total. The molecule has 0 atom stereocenters. The highest BCUT2D eigenvalue weighted by molar-refractivity contribution is 6.35. The second-order valence-electron chi connectivity index (χ2n) is 4.87. The second-order valence-corrected chi connectivity index (χ2v) is 4.87. The van der Waals surface area contributed by atoms with Crippen LogP contribution in [0.15, 0.2) is 40.5 Å². The molecule has 0 spiro atoms. The molecular formula is C14H18N2O3. The van der Waals surface area contributed by atoms with Crippen LogP contribution in [-0.4, -0.2) is 31.1 Å². The van der Waals surface area contributed by atoms with Crippen molar-refractivity contribution in [1.29, 1.82) is 0 Å². The molecule has 1 aliphatic heterocycles. The van der Waals surface area contributed by atoms with Crippen molar-refractivity contribution in [3.05, 3.63) is 35.9 Å². The summed E-state index contributed by atoms with van der Waals surface area (Å²) in [6.45, 7) is 4.88. The van der Waals surface area contributed by atoms with E-state index < -0.39 is 0 Å². The van der Waals surface area contributed by atoms with Gasteiger partial charge in [0.25, 0.3) is 5.90 Å². The number of hydrogen-bond acceptors (Lipinski definition) is 5. The molecule has 102 valence electrons. The lowest BCUT2D eigenvalue weighted by atomic mass is 10.1. The van der Waals surface area contributed by atoms with Crippen LogP contribution in [0.1, 0.15) is 19.4 Å². The number of hydrogen-bond donors (Lipinski definition) is 0. The van der Waals surface area contributed by atoms with Crippen molar-refractivity contribution in [2.75, 3.05) is 13.7 Å². The molecule has 0 saturated heterocycles. The van der Waals surface area contributed by atoms with Crippen molar-refractivity contribution in [2.24, 2.45) is 10.1 Å². The van der Waals surface area contributed by atoms with E-state index in [0.717, 1.165) is 5.56 Å². The van der Waals surface area contributed by atoms with Crippen molar-refractivity contribution in [3.8, 4) is 0 Å². The van der Waals surface area contributed by atoms with Crippen LogP contribution in [0.25, 0.3) is 0 Å². The molecule has 1 heterocycles. The molecule has 5 nitrogen and oxygen atoms in total. The van der Waals surface area contributed by atoms with E-state index in [9.17, 15) is 0 Å². The highest BCUT2D eigenvalue weighted by Crippen LogP contribution is 2.18. The third-order valence-corrected chi connectivity index (χ3v) is 2.54. The van der Waals surface area contributed by atoms with E-state index in [1.807, 2.05) is 44.2 Å². The summed E-state index contributed by atoms with van der Waals surface area (Å²) in [5, 5.41) is 3.83. The Morgan fingerprint density at radius 3 is 2.68 bits per heavy atom. The van der Waals surface area contributed by atoms with E-state index in [1.165, 1.54) is 7.11 Å². The number of nitrogens with zero attached hydrogens (tertiary/aromatic N) is 2. The zero-order valence-electron chi connectivity index (χ0n) is 11.4. The number of ether oxygens (including phenoxy) is 2. The van der Waals surface area contributed by atoms with E-state index in [-0.39, 0.29) is 11.4 Å². The van der Waals surface area contributed by atoms with E-state index in [2.05, 4.69) is 10.1 Å². The predicted octanol–water partition coefficient (Wildman–Crippen LogP) is 2.37. The summed E-state index contributed by atoms with van der Waals surface area (Å²) in [4.78, 5) is 9.19. The summed E-state index contributed by atoms with van der Waals surface area (Å²) in [6.07, 6.45) is 0. The summed E-state index contributed by atoms with van der Waals surface area (Å²) in [7, 11) is 1.46. The number of rotatable bonds is 4. The molecule has 19 heavy (non-hydrogen) atoms. The van der Waals surface area contributed by atoms with Gasteiger partial charge in [0, 0.05) is 0 Å². The van der Waals surface area contributed by atoms with E-state index >= 15 is 0 Å². The zero-order valence-corrected chi connectivity index (χ0v) is 11.4. The molecule has 2 rings (SSSR count). The van der Waals surface area contributed by atoms with Gasteiger partial charge in [0.15, 0.2) is 0 Å². The first kappa shape index (κ1) is 13.4. The smallest absolute Gasteiger partial charge is 0.313 e. The molecular weight excluding hydrogens is 244 g/mol. The Kier molecular flexibility index (Phi) is 4.04. The molecule has 0 saturated carbocycles. The van der Waals surface area contributed by atoms with E-state index in [4.69, 9.17) is 14.3 Å². The Hall–Kier alpha value is -2.04. The van der Waals surface area contributed by atoms with Crippen LogP contribution in [0.3, 0.4) is 0 Å². The lowest BCUT2D eigenvalue weighted by Crippen LogP contribution is -2.18. The predicted molar refractivity (Wildman–Crippen MR) is 73.1 cm³/mol. The van der Waals surface area contributed by atoms with Crippen LogP contribution >= 0.6 is 0 Å². The van der Waals surface area contributed by atoms with Gasteiger partial charge in [-0.15, -0.1) is 0 Å². The van der Waals surface area contributed by atoms with Crippen LogP contribution < -0.4 is 0 Å². The summed E-state index contributed by atoms with van der Waals surface area (Å²) in [5.41, 5.74) is 0.795. The van der Waals surface area contributed by atoms with Gasteiger partial charge in [-0.25, -0.2) is 4.99 Å². The van der Waals surface area contributed by atoms with Gasteiger partial charge < -0.3 is 14.3 Å². The van der Waals surface area contributed by atoms with Crippen LogP contribution in [-0.2, 0) is 20.9 Å². The highest BCUT2D eigenvalue weighted by atomic mass is 16.6. The lowest BCUT2D eigenvalue weighted by Gasteiger charge is -2.08. The van der Waals surface area contributed by atoms with Crippen molar-refractivity contribution in [2.45, 2.75) is 26.0 Å². The van der Waals surface area contributed by atoms with Crippen LogP contribution in [0.2, 0.25) is 0 Å². The second kappa shape index (κ2) is 5.73. The summed E-state index contributed by atoms with van der Waals surface area (Å²) < 4.78 is 11.1. The maximum Gasteiger partial charge on any atom is 0.313 e. The SMILES string of the molecule is CO/N=C(/OCc1ccccc1)C1=NC(C)(C)CO1. The van der Waals surface area contributed by atoms with Crippen LogP contribution in [0.5, 0.6) is 0 Å². The fraction of sp³-hybridized carbons (Fsp3) is 0.429. The molecule has 5 heteroatoms. The van der Waals surface area contributed by atoms with Gasteiger partial charge in [0.2, 0.25) is 0 Å². The van der Waals surface area contributed by atoms with Gasteiger partial charge in [-0.1, -0.05) is 30.3 Å². The topological polar surface area (TPSA) is 52.4 Å². The van der Waals surface area contributed by atoms with Crippen LogP contribution in [0.4, 0.5) is 0 Å². The summed E-state index contributed by atoms with van der Waals surface area (Å²) in [6, 6.07) is 9.83. The summed E-state index contributed by atoms with van der Waals surface area (Å²) in [5.74, 6) is 0.666. The lowest BCUT2D eigenvalue weighted by molar-refractivity contribution is 0.187. The maximum absolute atomic E-state index is 5.62. The van der Waals surface area contributed by atoms with Gasteiger partial charge in [-0.3, -0.25) is 0 Å². The molecule has 1 aromatic carbocycles. The van der Waals surface area contributed by atoms with E-state index in [0.29, 0.717) is 19.1 Å². The van der Waals surface area contributed by atoms with Crippen molar-refractivity contribution >= 4 is 11.8 Å². The fourth-order valence-electron chi connectivity index (χ4n) is 1.63. The molecule has 1 aromatic rings. The minimum absolute atomic E-state index is 0.250. The highest BCUT2D eigenvalue weighted by Gasteiger charge is 2.30. The first-order valence-corrected chi connectivity index (χ1v) is 6.12. The van der Waals surface area contributed by atoms with E-state index in [1.54, 1.807) is 0 Å². The Balaban J connectivity index is 2.04. The van der Waals surface area contributed by atoms with Crippen molar-refractivity contribution in [1.82, 2.24) is 0 Å². The average Bonchev–Trinajstić information content (AvgIpc) is 2.76. The van der Waals surface area contributed by atoms with Crippen molar-refractivity contribution in [3.63, 3.8) is 0 Å². The molecule has 0 bridgehead atoms. The van der Waals surface area contributed by atoms with Gasteiger partial charge >= 0.3 is 5.90 Å². The van der Waals surface area contributed by atoms with Gasteiger partial charge in [0.1, 0.15) is 20.3 Å². The molecule has 0 radical (unpaired) electrons. The molecule has 0 aromatic heterocycles. The Morgan fingerprint density at radius 1 is 1.37 bits per heavy atom. The molecule has 1 aliphatic rings. The maximum atomic E-state index is 5.62. The first-order chi connectivity index (χ1) is 9.11. The summed E-state index contributed by atoms with van der Waals surface area (Å²) >= 11 is 0. The molecule has 0 aliphatic carbocycles. The number of oxime groups is 1. The number of benzene rings is 1. The van der Waals surface area contributed by atoms with Crippen LogP contribution in [0, 0.1) is 0 Å². The Bertz CT molecular complexity index is 481. The Morgan fingerprint density at radius 2 is 2.11 bits per heavy atom. The molecule has 0 fully saturated rings. The number of aliphatic imine (C=N–C) groups is 1. The van der Waals surface area contributed by atoms with Gasteiger partial charge in [-0.05, 0) is 24.6 Å². The largest absolute Gasteiger partial charge is 0.471 e. The van der Waals surface area contributed by atoms with Gasteiger partial charge in [-0.2, -0.15) is 0 Å². The standard InChI is InChI=1S/C14H18N2O3/c1-14(2)10-19-12(15-14)13(16-17-3)18-9-11-7-5-4-6-8-11/h4-8H,9-10H2,1-3H3/b16-13+. The quantitative estimate of drug-likeness (QED) is 0.475. The molecule has 0 amide bonds. The monoisotopic (exact) mass is 262 g/mol. The normalized spacial score (nSPS) is 17.6. The third kappa shape index (κ3) is 3.71. The minimum Gasteiger partial charge on any atom is -0.471 e. The average molecular weight is 262 g/mol. The van der Waals surface area contributed by atoms with Crippen molar-refractivity contribution < 1.29 is 14.3 Å². The molecule has 0 unspecified atom stereocenters. The fourth-order valence-corrected chi connectivity index (χ4v) is 1.63. The minimum atomic E-state index is -0.250. The Labute approximate surface area is 112 Å².